The Kier molecular flexibility index (Phi) is 7.01. The molecule has 1 N–H and O–H groups in total. The number of carbonyl (C=O) groups excluding carboxylic acids is 1. The summed E-state index contributed by atoms with van der Waals surface area (Å²) in [6.07, 6.45) is 1.61. The summed E-state index contributed by atoms with van der Waals surface area (Å²) < 4.78 is 10.8. The van der Waals surface area contributed by atoms with Gasteiger partial charge in [0.1, 0.15) is 11.5 Å². The van der Waals surface area contributed by atoms with Crippen molar-refractivity contribution in [3.63, 3.8) is 0 Å². The molecule has 5 nitrogen and oxygen atoms in total. The van der Waals surface area contributed by atoms with Gasteiger partial charge in [0.25, 0.3) is 5.91 Å². The average molecular weight is 340 g/mol. The van der Waals surface area contributed by atoms with Gasteiger partial charge >= 0.3 is 0 Å². The van der Waals surface area contributed by atoms with Crippen molar-refractivity contribution in [3.05, 3.63) is 59.7 Å². The summed E-state index contributed by atoms with van der Waals surface area (Å²) in [4.78, 5) is 11.7. The number of amides is 1. The van der Waals surface area contributed by atoms with Crippen molar-refractivity contribution < 1.29 is 14.3 Å². The first-order valence-corrected chi connectivity index (χ1v) is 8.36. The lowest BCUT2D eigenvalue weighted by Gasteiger charge is -2.07. The number of nitrogens with zero attached hydrogens (tertiary/aromatic N) is 1. The van der Waals surface area contributed by atoms with Crippen molar-refractivity contribution >= 4 is 12.1 Å². The van der Waals surface area contributed by atoms with Gasteiger partial charge in [0.2, 0.25) is 0 Å². The number of hydrogen-bond acceptors (Lipinski definition) is 4. The minimum atomic E-state index is -0.316. The maximum absolute atomic E-state index is 11.7. The molecule has 2 rings (SSSR count). The number of ether oxygens (including phenoxy) is 2. The van der Waals surface area contributed by atoms with Crippen molar-refractivity contribution in [1.29, 1.82) is 0 Å². The van der Waals surface area contributed by atoms with Crippen LogP contribution in [0.5, 0.6) is 11.5 Å². The molecule has 0 aliphatic rings. The quantitative estimate of drug-likeness (QED) is 0.588. The topological polar surface area (TPSA) is 59.9 Å². The summed E-state index contributed by atoms with van der Waals surface area (Å²) in [5.74, 6) is 1.55. The third-order valence-electron chi connectivity index (χ3n) is 3.51. The molecule has 132 valence electrons. The Morgan fingerprint density at radius 3 is 2.20 bits per heavy atom. The van der Waals surface area contributed by atoms with Crippen LogP contribution in [0.1, 0.15) is 37.8 Å². The molecule has 0 radical (unpaired) electrons. The largest absolute Gasteiger partial charge is 0.494 e. The van der Waals surface area contributed by atoms with Crippen LogP contribution in [0.2, 0.25) is 0 Å². The van der Waals surface area contributed by atoms with E-state index in [2.05, 4.69) is 36.5 Å². The molecule has 0 fully saturated rings. The first kappa shape index (κ1) is 18.5. The molecule has 0 saturated heterocycles. The Morgan fingerprint density at radius 1 is 1.04 bits per heavy atom. The molecule has 0 spiro atoms. The molecule has 0 bridgehead atoms. The van der Waals surface area contributed by atoms with Gasteiger partial charge in [-0.15, -0.1) is 0 Å². The first-order valence-electron chi connectivity index (χ1n) is 8.36. The van der Waals surface area contributed by atoms with Crippen LogP contribution in [0.25, 0.3) is 0 Å². The van der Waals surface area contributed by atoms with E-state index in [1.54, 1.807) is 30.5 Å². The van der Waals surface area contributed by atoms with E-state index in [0.717, 1.165) is 11.3 Å². The highest BCUT2D eigenvalue weighted by Crippen LogP contribution is 2.17. The Labute approximate surface area is 148 Å². The maximum atomic E-state index is 11.7. The molecule has 5 heteroatoms. The van der Waals surface area contributed by atoms with E-state index in [-0.39, 0.29) is 12.5 Å². The van der Waals surface area contributed by atoms with Crippen LogP contribution in [0, 0.1) is 0 Å². The lowest BCUT2D eigenvalue weighted by atomic mass is 10.0. The Hall–Kier alpha value is -2.82. The predicted molar refractivity (Wildman–Crippen MR) is 99.4 cm³/mol. The highest BCUT2D eigenvalue weighted by Gasteiger charge is 2.02. The fraction of sp³-hybridized carbons (Fsp3) is 0.300. The second-order valence-corrected chi connectivity index (χ2v) is 5.81. The molecule has 0 atom stereocenters. The summed E-state index contributed by atoms with van der Waals surface area (Å²) in [7, 11) is 0. The molecule has 1 amide bonds. The van der Waals surface area contributed by atoms with E-state index in [0.29, 0.717) is 18.3 Å². The molecule has 0 unspecified atom stereocenters. The van der Waals surface area contributed by atoms with Crippen LogP contribution >= 0.6 is 0 Å². The molecule has 25 heavy (non-hydrogen) atoms. The molecule has 2 aromatic rings. The van der Waals surface area contributed by atoms with Crippen LogP contribution in [0.4, 0.5) is 0 Å². The summed E-state index contributed by atoms with van der Waals surface area (Å²) in [5, 5.41) is 3.94. The van der Waals surface area contributed by atoms with Crippen molar-refractivity contribution in [1.82, 2.24) is 5.43 Å². The highest BCUT2D eigenvalue weighted by atomic mass is 16.5. The highest BCUT2D eigenvalue weighted by molar-refractivity contribution is 5.82. The number of nitrogens with one attached hydrogen (secondary N) is 1. The van der Waals surface area contributed by atoms with Gasteiger partial charge in [-0.2, -0.15) is 5.10 Å². The minimum Gasteiger partial charge on any atom is -0.494 e. The fourth-order valence-corrected chi connectivity index (χ4v) is 2.13. The Balaban J connectivity index is 1.76. The van der Waals surface area contributed by atoms with Gasteiger partial charge in [0.05, 0.1) is 12.8 Å². The van der Waals surface area contributed by atoms with E-state index >= 15 is 0 Å². The number of hydrazone groups is 1. The summed E-state index contributed by atoms with van der Waals surface area (Å²) >= 11 is 0. The second kappa shape index (κ2) is 9.47. The molecule has 0 aromatic heterocycles. The zero-order chi connectivity index (χ0) is 18.1. The SMILES string of the molecule is CCOc1ccc(OCC(=O)N/N=C/c2ccc(C(C)C)cc2)cc1. The van der Waals surface area contributed by atoms with Gasteiger partial charge in [-0.25, -0.2) is 5.43 Å². The number of benzene rings is 2. The Morgan fingerprint density at radius 2 is 1.64 bits per heavy atom. The van der Waals surface area contributed by atoms with Crippen LogP contribution in [0.3, 0.4) is 0 Å². The van der Waals surface area contributed by atoms with Crippen molar-refractivity contribution in [2.75, 3.05) is 13.2 Å². The lowest BCUT2D eigenvalue weighted by molar-refractivity contribution is -0.123. The summed E-state index contributed by atoms with van der Waals surface area (Å²) in [5.41, 5.74) is 4.65. The Bertz CT molecular complexity index is 692. The zero-order valence-electron chi connectivity index (χ0n) is 14.9. The standard InChI is InChI=1S/C20H24N2O3/c1-4-24-18-9-11-19(12-10-18)25-14-20(23)22-21-13-16-5-7-17(8-6-16)15(2)3/h5-13,15H,4,14H2,1-3H3,(H,22,23)/b21-13+. The van der Waals surface area contributed by atoms with Gasteiger partial charge in [0.15, 0.2) is 6.61 Å². The van der Waals surface area contributed by atoms with Gasteiger partial charge in [-0.1, -0.05) is 38.1 Å². The van der Waals surface area contributed by atoms with Gasteiger partial charge in [0, 0.05) is 0 Å². The van der Waals surface area contributed by atoms with Gasteiger partial charge in [-0.05, 0) is 48.2 Å². The zero-order valence-corrected chi connectivity index (χ0v) is 14.9. The van der Waals surface area contributed by atoms with Gasteiger partial charge in [-0.3, -0.25) is 4.79 Å². The van der Waals surface area contributed by atoms with Gasteiger partial charge < -0.3 is 9.47 Å². The fourth-order valence-electron chi connectivity index (χ4n) is 2.13. The monoisotopic (exact) mass is 340 g/mol. The lowest BCUT2D eigenvalue weighted by Crippen LogP contribution is -2.24. The number of carbonyl (C=O) groups is 1. The molecular weight excluding hydrogens is 316 g/mol. The first-order chi connectivity index (χ1) is 12.1. The van der Waals surface area contributed by atoms with Crippen LogP contribution in [-0.4, -0.2) is 25.3 Å². The minimum absolute atomic E-state index is 0.0996. The third kappa shape index (κ3) is 6.30. The second-order valence-electron chi connectivity index (χ2n) is 5.81. The molecule has 0 heterocycles. The van der Waals surface area contributed by atoms with Crippen molar-refractivity contribution in [2.24, 2.45) is 5.10 Å². The summed E-state index contributed by atoms with van der Waals surface area (Å²) in [6, 6.07) is 15.2. The number of hydrogen-bond donors (Lipinski definition) is 1. The van der Waals surface area contributed by atoms with Crippen LogP contribution in [0.15, 0.2) is 53.6 Å². The molecular formula is C20H24N2O3. The van der Waals surface area contributed by atoms with E-state index < -0.39 is 0 Å². The molecule has 2 aromatic carbocycles. The predicted octanol–water partition coefficient (Wildman–Crippen LogP) is 3.74. The van der Waals surface area contributed by atoms with E-state index in [1.165, 1.54) is 5.56 Å². The van der Waals surface area contributed by atoms with E-state index in [4.69, 9.17) is 9.47 Å². The average Bonchev–Trinajstić information content (AvgIpc) is 2.62. The van der Waals surface area contributed by atoms with Crippen molar-refractivity contribution in [3.8, 4) is 11.5 Å². The molecule has 0 aliphatic carbocycles. The van der Waals surface area contributed by atoms with Crippen molar-refractivity contribution in [2.45, 2.75) is 26.7 Å². The number of rotatable bonds is 8. The van der Waals surface area contributed by atoms with E-state index in [9.17, 15) is 4.79 Å². The smallest absolute Gasteiger partial charge is 0.277 e. The third-order valence-corrected chi connectivity index (χ3v) is 3.51. The van der Waals surface area contributed by atoms with Crippen LogP contribution < -0.4 is 14.9 Å². The van der Waals surface area contributed by atoms with Crippen LogP contribution in [-0.2, 0) is 4.79 Å². The molecule has 0 saturated carbocycles. The molecule has 0 aliphatic heterocycles. The maximum Gasteiger partial charge on any atom is 0.277 e. The normalized spacial score (nSPS) is 10.9. The van der Waals surface area contributed by atoms with E-state index in [1.807, 2.05) is 19.1 Å². The summed E-state index contributed by atoms with van der Waals surface area (Å²) in [6.45, 7) is 6.73.